The predicted octanol–water partition coefficient (Wildman–Crippen LogP) is 4.22. The van der Waals surface area contributed by atoms with Gasteiger partial charge in [0.2, 0.25) is 10.0 Å². The number of carbonyl (C=O) groups is 2. The van der Waals surface area contributed by atoms with Crippen LogP contribution < -0.4 is 4.90 Å². The van der Waals surface area contributed by atoms with Crippen LogP contribution in [0.2, 0.25) is 0 Å². The normalized spacial score (nSPS) is 14.7. The van der Waals surface area contributed by atoms with Gasteiger partial charge >= 0.3 is 5.97 Å². The van der Waals surface area contributed by atoms with Crippen molar-refractivity contribution >= 4 is 38.8 Å². The molecule has 7 nitrogen and oxygen atoms in total. The van der Waals surface area contributed by atoms with Gasteiger partial charge in [0.25, 0.3) is 0 Å². The van der Waals surface area contributed by atoms with Crippen molar-refractivity contribution < 1.29 is 22.7 Å². The summed E-state index contributed by atoms with van der Waals surface area (Å²) in [5.74, 6) is -0.657. The van der Waals surface area contributed by atoms with Gasteiger partial charge in [0.15, 0.2) is 5.78 Å². The van der Waals surface area contributed by atoms with Crippen LogP contribution in [-0.2, 0) is 14.8 Å². The maximum atomic E-state index is 13.8. The lowest BCUT2D eigenvalue weighted by Gasteiger charge is -2.35. The minimum absolute atomic E-state index is 0.00372. The van der Waals surface area contributed by atoms with Gasteiger partial charge in [-0.3, -0.25) is 4.79 Å². The second-order valence-corrected chi connectivity index (χ2v) is 10.9. The molecule has 1 aromatic heterocycles. The molecule has 0 bridgehead atoms. The highest BCUT2D eigenvalue weighted by Crippen LogP contribution is 2.38. The van der Waals surface area contributed by atoms with Crippen molar-refractivity contribution in [2.24, 2.45) is 0 Å². The van der Waals surface area contributed by atoms with Crippen LogP contribution >= 0.6 is 11.3 Å². The number of ketones is 1. The van der Waals surface area contributed by atoms with Crippen LogP contribution in [0.4, 0.5) is 5.69 Å². The van der Waals surface area contributed by atoms with Gasteiger partial charge in [0, 0.05) is 48.4 Å². The Morgan fingerprint density at radius 1 is 0.941 bits per heavy atom. The van der Waals surface area contributed by atoms with E-state index in [2.05, 4.69) is 4.90 Å². The van der Waals surface area contributed by atoms with Crippen molar-refractivity contribution in [3.05, 3.63) is 69.9 Å². The maximum Gasteiger partial charge on any atom is 0.349 e. The molecule has 34 heavy (non-hydrogen) atoms. The van der Waals surface area contributed by atoms with Crippen molar-refractivity contribution in [2.75, 3.05) is 38.2 Å². The highest BCUT2D eigenvalue weighted by Gasteiger charge is 2.36. The van der Waals surface area contributed by atoms with Crippen LogP contribution in [0, 0.1) is 6.92 Å². The summed E-state index contributed by atoms with van der Waals surface area (Å²) in [5.41, 5.74) is 3.88. The van der Waals surface area contributed by atoms with Crippen LogP contribution in [-0.4, -0.2) is 57.8 Å². The summed E-state index contributed by atoms with van der Waals surface area (Å²) in [5, 5.41) is 1.70. The van der Waals surface area contributed by atoms with Gasteiger partial charge in [0.1, 0.15) is 9.77 Å². The minimum Gasteiger partial charge on any atom is -0.465 e. The van der Waals surface area contributed by atoms with E-state index in [-0.39, 0.29) is 28.6 Å². The van der Waals surface area contributed by atoms with Crippen LogP contribution in [0.3, 0.4) is 0 Å². The smallest absolute Gasteiger partial charge is 0.349 e. The van der Waals surface area contributed by atoms with E-state index in [0.29, 0.717) is 24.2 Å². The number of nitrogens with zero attached hydrogens (tertiary/aromatic N) is 2. The Morgan fingerprint density at radius 2 is 1.56 bits per heavy atom. The van der Waals surface area contributed by atoms with Gasteiger partial charge in [-0.05, 0) is 43.7 Å². The van der Waals surface area contributed by atoms with Gasteiger partial charge in [-0.25, -0.2) is 13.2 Å². The van der Waals surface area contributed by atoms with Gasteiger partial charge in [0.05, 0.1) is 7.11 Å². The molecule has 0 saturated carbocycles. The van der Waals surface area contributed by atoms with Crippen LogP contribution in [0.1, 0.15) is 32.5 Å². The molecule has 0 radical (unpaired) electrons. The highest BCUT2D eigenvalue weighted by molar-refractivity contribution is 7.89. The molecule has 0 aliphatic carbocycles. The molecule has 1 fully saturated rings. The molecule has 9 heteroatoms. The number of esters is 1. The third-order valence-corrected chi connectivity index (χ3v) is 9.03. The van der Waals surface area contributed by atoms with Crippen molar-refractivity contribution in [3.63, 3.8) is 0 Å². The zero-order chi connectivity index (χ0) is 24.5. The lowest BCUT2D eigenvalue weighted by atomic mass is 10.1. The Hall–Kier alpha value is -3.01. The first-order chi connectivity index (χ1) is 16.2. The van der Waals surface area contributed by atoms with Gasteiger partial charge in [-0.15, -0.1) is 11.3 Å². The molecule has 0 spiro atoms. The summed E-state index contributed by atoms with van der Waals surface area (Å²) in [6.45, 7) is 5.03. The number of benzene rings is 2. The molecular weight excluding hydrogens is 472 g/mol. The Labute approximate surface area is 203 Å². The molecule has 2 heterocycles. The average Bonchev–Trinajstić information content (AvgIpc) is 3.30. The Bertz CT molecular complexity index is 1300. The van der Waals surface area contributed by atoms with Gasteiger partial charge in [-0.2, -0.15) is 4.31 Å². The molecule has 1 aliphatic rings. The van der Waals surface area contributed by atoms with Crippen LogP contribution in [0.25, 0.3) is 11.1 Å². The van der Waals surface area contributed by atoms with E-state index in [4.69, 9.17) is 4.74 Å². The molecule has 2 aromatic carbocycles. The van der Waals surface area contributed by atoms with Crippen LogP contribution in [0.5, 0.6) is 0 Å². The summed E-state index contributed by atoms with van der Waals surface area (Å²) < 4.78 is 33.9. The zero-order valence-corrected chi connectivity index (χ0v) is 20.9. The van der Waals surface area contributed by atoms with E-state index in [1.807, 2.05) is 43.3 Å². The summed E-state index contributed by atoms with van der Waals surface area (Å²) in [7, 11) is -2.70. The average molecular weight is 499 g/mol. The molecule has 178 valence electrons. The molecule has 3 aromatic rings. The number of anilines is 1. The maximum absolute atomic E-state index is 13.8. The standard InChI is InChI=1S/C25H26N2O5S2/c1-17-4-6-20(7-5-17)22-16-33-23(25(29)32-3)24(22)34(30,31)27-14-12-26(13-15-27)21-10-8-19(9-11-21)18(2)28/h4-11,16H,12-15H2,1-3H3. The van der Waals surface area contributed by atoms with Gasteiger partial charge < -0.3 is 9.64 Å². The quantitative estimate of drug-likeness (QED) is 0.374. The number of aryl methyl sites for hydroxylation is 1. The lowest BCUT2D eigenvalue weighted by Crippen LogP contribution is -2.48. The number of carbonyl (C=O) groups excluding carboxylic acids is 2. The number of hydrogen-bond donors (Lipinski definition) is 0. The predicted molar refractivity (Wildman–Crippen MR) is 133 cm³/mol. The highest BCUT2D eigenvalue weighted by atomic mass is 32.2. The molecule has 0 unspecified atom stereocenters. The lowest BCUT2D eigenvalue weighted by molar-refractivity contribution is 0.0602. The van der Waals surface area contributed by atoms with Crippen LogP contribution in [0.15, 0.2) is 58.8 Å². The Balaban J connectivity index is 1.62. The zero-order valence-electron chi connectivity index (χ0n) is 19.3. The number of thiophene rings is 1. The van der Waals surface area contributed by atoms with Crippen molar-refractivity contribution in [1.82, 2.24) is 4.31 Å². The van der Waals surface area contributed by atoms with E-state index in [1.165, 1.54) is 18.3 Å². The second kappa shape index (κ2) is 9.69. The molecule has 4 rings (SSSR count). The third-order valence-electron chi connectivity index (χ3n) is 5.95. The summed E-state index contributed by atoms with van der Waals surface area (Å²) in [6, 6.07) is 14.9. The van der Waals surface area contributed by atoms with Crippen molar-refractivity contribution in [3.8, 4) is 11.1 Å². The fraction of sp³-hybridized carbons (Fsp3) is 0.280. The second-order valence-electron chi connectivity index (χ2n) is 8.16. The van der Waals surface area contributed by atoms with Gasteiger partial charge in [-0.1, -0.05) is 29.8 Å². The van der Waals surface area contributed by atoms with E-state index < -0.39 is 16.0 Å². The molecule has 0 amide bonds. The minimum atomic E-state index is -3.95. The molecule has 0 atom stereocenters. The Morgan fingerprint density at radius 3 is 2.12 bits per heavy atom. The van der Waals surface area contributed by atoms with E-state index in [9.17, 15) is 18.0 Å². The molecular formula is C25H26N2O5S2. The number of piperazine rings is 1. The van der Waals surface area contributed by atoms with Crippen molar-refractivity contribution in [1.29, 1.82) is 0 Å². The van der Waals surface area contributed by atoms with Crippen molar-refractivity contribution in [2.45, 2.75) is 18.7 Å². The Kier molecular flexibility index (Phi) is 6.88. The monoisotopic (exact) mass is 498 g/mol. The number of hydrogen-bond acceptors (Lipinski definition) is 7. The summed E-state index contributed by atoms with van der Waals surface area (Å²) in [6.07, 6.45) is 0. The molecule has 1 saturated heterocycles. The van der Waals surface area contributed by atoms with E-state index >= 15 is 0 Å². The fourth-order valence-electron chi connectivity index (χ4n) is 3.99. The first-order valence-corrected chi connectivity index (χ1v) is 13.2. The third kappa shape index (κ3) is 4.64. The van der Waals surface area contributed by atoms with E-state index in [0.717, 1.165) is 28.2 Å². The number of Topliss-reactive ketones (excluding diaryl/α,β-unsaturated/α-hetero) is 1. The SMILES string of the molecule is COC(=O)c1scc(-c2ccc(C)cc2)c1S(=O)(=O)N1CCN(c2ccc(C(C)=O)cc2)CC1. The molecule has 1 aliphatic heterocycles. The number of methoxy groups -OCH3 is 1. The van der Waals surface area contributed by atoms with E-state index in [1.54, 1.807) is 17.5 Å². The summed E-state index contributed by atoms with van der Waals surface area (Å²) in [4.78, 5) is 26.2. The number of ether oxygens (including phenoxy) is 1. The molecule has 0 N–H and O–H groups in total. The first-order valence-electron chi connectivity index (χ1n) is 10.9. The number of sulfonamides is 1. The fourth-order valence-corrected chi connectivity index (χ4v) is 7.09. The largest absolute Gasteiger partial charge is 0.465 e. The topological polar surface area (TPSA) is 84.0 Å². The number of rotatable bonds is 6. The first kappa shape index (κ1) is 24.1. The summed E-state index contributed by atoms with van der Waals surface area (Å²) >= 11 is 1.08.